The Morgan fingerprint density at radius 3 is 2.72 bits per heavy atom. The van der Waals surface area contributed by atoms with E-state index in [0.29, 0.717) is 6.42 Å². The van der Waals surface area contributed by atoms with E-state index in [1.54, 1.807) is 17.1 Å². The van der Waals surface area contributed by atoms with Crippen molar-refractivity contribution in [2.24, 2.45) is 7.05 Å². The Balaban J connectivity index is 2.35. The molecule has 0 saturated carbocycles. The van der Waals surface area contributed by atoms with E-state index in [1.165, 1.54) is 0 Å². The second-order valence-corrected chi connectivity index (χ2v) is 4.66. The molecule has 0 unspecified atom stereocenters. The fourth-order valence-electron chi connectivity index (χ4n) is 1.72. The summed E-state index contributed by atoms with van der Waals surface area (Å²) in [6, 6.07) is 3.74. The number of rotatable bonds is 4. The number of hydrogen-bond acceptors (Lipinski definition) is 3. The zero-order valence-electron chi connectivity index (χ0n) is 9.80. The number of halogens is 1. The molecule has 0 fully saturated rings. The van der Waals surface area contributed by atoms with Gasteiger partial charge in [0.1, 0.15) is 5.69 Å². The van der Waals surface area contributed by atoms with Gasteiger partial charge in [-0.05, 0) is 28.1 Å². The summed E-state index contributed by atoms with van der Waals surface area (Å²) < 4.78 is 2.56. The van der Waals surface area contributed by atoms with Crippen molar-refractivity contribution in [1.82, 2.24) is 14.8 Å². The number of carboxylic acid groups (broad SMARTS) is 1. The zero-order valence-corrected chi connectivity index (χ0v) is 11.4. The van der Waals surface area contributed by atoms with E-state index in [4.69, 9.17) is 5.11 Å². The number of pyridine rings is 1. The molecule has 0 aliphatic rings. The summed E-state index contributed by atoms with van der Waals surface area (Å²) >= 11 is 3.49. The first kappa shape index (κ1) is 12.8. The fraction of sp³-hybridized carbons (Fsp3) is 0.250. The van der Waals surface area contributed by atoms with E-state index < -0.39 is 5.97 Å². The average Bonchev–Trinajstić information content (AvgIpc) is 2.63. The Bertz CT molecular complexity index is 566. The van der Waals surface area contributed by atoms with Crippen LogP contribution in [0, 0.1) is 0 Å². The van der Waals surface area contributed by atoms with E-state index in [-0.39, 0.29) is 6.42 Å². The normalized spacial score (nSPS) is 10.6. The van der Waals surface area contributed by atoms with Gasteiger partial charge in [0.2, 0.25) is 0 Å². The molecule has 5 nitrogen and oxygen atoms in total. The van der Waals surface area contributed by atoms with Gasteiger partial charge < -0.3 is 5.11 Å². The Morgan fingerprint density at radius 2 is 2.11 bits per heavy atom. The van der Waals surface area contributed by atoms with Crippen LogP contribution in [0.5, 0.6) is 0 Å². The molecule has 0 saturated heterocycles. The number of aryl methyl sites for hydroxylation is 1. The van der Waals surface area contributed by atoms with Gasteiger partial charge in [-0.1, -0.05) is 0 Å². The standard InChI is InChI=1S/C12H12BrN3O2/c1-16-9(2-3-10(17)18)11(13)12(15-16)8-4-6-14-7-5-8/h4-7H,2-3H2,1H3,(H,17,18). The topological polar surface area (TPSA) is 68.0 Å². The Labute approximate surface area is 113 Å². The van der Waals surface area contributed by atoms with Crippen LogP contribution in [0.15, 0.2) is 29.0 Å². The maximum Gasteiger partial charge on any atom is 0.303 e. The van der Waals surface area contributed by atoms with Crippen molar-refractivity contribution in [2.75, 3.05) is 0 Å². The summed E-state index contributed by atoms with van der Waals surface area (Å²) in [6.07, 6.45) is 3.94. The van der Waals surface area contributed by atoms with Crippen LogP contribution in [-0.2, 0) is 18.3 Å². The summed E-state index contributed by atoms with van der Waals surface area (Å²) in [4.78, 5) is 14.6. The predicted molar refractivity (Wildman–Crippen MR) is 70.1 cm³/mol. The van der Waals surface area contributed by atoms with Crippen molar-refractivity contribution >= 4 is 21.9 Å². The molecule has 2 aromatic rings. The number of aliphatic carboxylic acids is 1. The van der Waals surface area contributed by atoms with Gasteiger partial charge in [0.15, 0.2) is 0 Å². The van der Waals surface area contributed by atoms with Crippen molar-refractivity contribution in [3.63, 3.8) is 0 Å². The first-order valence-electron chi connectivity index (χ1n) is 5.43. The summed E-state index contributed by atoms with van der Waals surface area (Å²) in [5, 5.41) is 13.1. The molecule has 0 spiro atoms. The molecular weight excluding hydrogens is 298 g/mol. The molecule has 2 heterocycles. The van der Waals surface area contributed by atoms with Crippen molar-refractivity contribution in [2.45, 2.75) is 12.8 Å². The number of carbonyl (C=O) groups is 1. The summed E-state index contributed by atoms with van der Waals surface area (Å²) in [5.41, 5.74) is 2.64. The predicted octanol–water partition coefficient (Wildman–Crippen LogP) is 2.26. The molecule has 0 aliphatic heterocycles. The smallest absolute Gasteiger partial charge is 0.303 e. The highest BCUT2D eigenvalue weighted by Gasteiger charge is 2.15. The molecule has 0 aromatic carbocycles. The van der Waals surface area contributed by atoms with Crippen molar-refractivity contribution in [3.8, 4) is 11.3 Å². The fourth-order valence-corrected chi connectivity index (χ4v) is 2.49. The number of aromatic nitrogens is 3. The number of hydrogen-bond donors (Lipinski definition) is 1. The van der Waals surface area contributed by atoms with E-state index in [1.807, 2.05) is 19.2 Å². The van der Waals surface area contributed by atoms with Crippen LogP contribution in [0.4, 0.5) is 0 Å². The van der Waals surface area contributed by atoms with Gasteiger partial charge >= 0.3 is 5.97 Å². The molecule has 0 amide bonds. The average molecular weight is 310 g/mol. The summed E-state index contributed by atoms with van der Waals surface area (Å²) in [6.45, 7) is 0. The van der Waals surface area contributed by atoms with Crippen molar-refractivity contribution in [1.29, 1.82) is 0 Å². The molecule has 0 aliphatic carbocycles. The van der Waals surface area contributed by atoms with Crippen LogP contribution in [0.25, 0.3) is 11.3 Å². The molecular formula is C12H12BrN3O2. The number of carboxylic acids is 1. The van der Waals surface area contributed by atoms with Gasteiger partial charge in [0, 0.05) is 31.4 Å². The Kier molecular flexibility index (Phi) is 3.76. The highest BCUT2D eigenvalue weighted by Crippen LogP contribution is 2.30. The van der Waals surface area contributed by atoms with Crippen molar-refractivity contribution in [3.05, 3.63) is 34.7 Å². The third kappa shape index (κ3) is 2.59. The molecule has 18 heavy (non-hydrogen) atoms. The monoisotopic (exact) mass is 309 g/mol. The van der Waals surface area contributed by atoms with E-state index in [9.17, 15) is 4.79 Å². The van der Waals surface area contributed by atoms with Crippen LogP contribution in [0.3, 0.4) is 0 Å². The quantitative estimate of drug-likeness (QED) is 0.940. The second kappa shape index (κ2) is 5.30. The maximum absolute atomic E-state index is 10.6. The van der Waals surface area contributed by atoms with Gasteiger partial charge in [-0.25, -0.2) is 0 Å². The number of nitrogens with zero attached hydrogens (tertiary/aromatic N) is 3. The van der Waals surface area contributed by atoms with Gasteiger partial charge in [-0.3, -0.25) is 14.5 Å². The van der Waals surface area contributed by atoms with Crippen LogP contribution in [-0.4, -0.2) is 25.8 Å². The van der Waals surface area contributed by atoms with Gasteiger partial charge in [0.05, 0.1) is 16.6 Å². The molecule has 1 N–H and O–H groups in total. The van der Waals surface area contributed by atoms with Crippen molar-refractivity contribution < 1.29 is 9.90 Å². The minimum atomic E-state index is -0.812. The van der Waals surface area contributed by atoms with E-state index in [0.717, 1.165) is 21.4 Å². The first-order chi connectivity index (χ1) is 8.59. The van der Waals surface area contributed by atoms with Gasteiger partial charge in [-0.15, -0.1) is 0 Å². The second-order valence-electron chi connectivity index (χ2n) is 3.86. The molecule has 0 bridgehead atoms. The summed E-state index contributed by atoms with van der Waals surface area (Å²) in [5.74, 6) is -0.812. The highest BCUT2D eigenvalue weighted by atomic mass is 79.9. The van der Waals surface area contributed by atoms with E-state index >= 15 is 0 Å². The Hall–Kier alpha value is -1.69. The lowest BCUT2D eigenvalue weighted by Crippen LogP contribution is -2.03. The van der Waals surface area contributed by atoms with Crippen LogP contribution in [0.2, 0.25) is 0 Å². The molecule has 6 heteroatoms. The highest BCUT2D eigenvalue weighted by molar-refractivity contribution is 9.10. The Morgan fingerprint density at radius 1 is 1.44 bits per heavy atom. The van der Waals surface area contributed by atoms with E-state index in [2.05, 4.69) is 26.0 Å². The zero-order chi connectivity index (χ0) is 13.1. The molecule has 2 aromatic heterocycles. The maximum atomic E-state index is 10.6. The van der Waals surface area contributed by atoms with Gasteiger partial charge in [-0.2, -0.15) is 5.10 Å². The largest absolute Gasteiger partial charge is 0.481 e. The third-order valence-corrected chi connectivity index (χ3v) is 3.46. The van der Waals surface area contributed by atoms with Crippen LogP contribution >= 0.6 is 15.9 Å². The van der Waals surface area contributed by atoms with Gasteiger partial charge in [0.25, 0.3) is 0 Å². The lowest BCUT2D eigenvalue weighted by Gasteiger charge is -1.99. The lowest BCUT2D eigenvalue weighted by molar-refractivity contribution is -0.136. The minimum Gasteiger partial charge on any atom is -0.481 e. The molecule has 0 atom stereocenters. The lowest BCUT2D eigenvalue weighted by atomic mass is 10.1. The molecule has 2 rings (SSSR count). The summed E-state index contributed by atoms with van der Waals surface area (Å²) in [7, 11) is 1.81. The van der Waals surface area contributed by atoms with Crippen LogP contribution < -0.4 is 0 Å². The SMILES string of the molecule is Cn1nc(-c2ccncc2)c(Br)c1CCC(=O)O. The van der Waals surface area contributed by atoms with Crippen LogP contribution in [0.1, 0.15) is 12.1 Å². The molecule has 0 radical (unpaired) electrons. The first-order valence-corrected chi connectivity index (χ1v) is 6.22. The molecule has 94 valence electrons. The third-order valence-electron chi connectivity index (χ3n) is 2.63. The minimum absolute atomic E-state index is 0.0912.